The summed E-state index contributed by atoms with van der Waals surface area (Å²) in [6, 6.07) is 5.70. The molecule has 136 valence electrons. The zero-order valence-corrected chi connectivity index (χ0v) is 15.7. The summed E-state index contributed by atoms with van der Waals surface area (Å²) in [6.07, 6.45) is 1.51. The molecule has 1 heterocycles. The molecule has 0 saturated carbocycles. The number of hydrogen-bond acceptors (Lipinski definition) is 4. The number of carbonyl (C=O) groups excluding carboxylic acids is 1. The van der Waals surface area contributed by atoms with Crippen molar-refractivity contribution >= 4 is 18.3 Å². The van der Waals surface area contributed by atoms with E-state index in [0.29, 0.717) is 25.5 Å². The molecular formula is C18H29ClN2O3. The van der Waals surface area contributed by atoms with Crippen LogP contribution >= 0.6 is 12.4 Å². The molecule has 0 fully saturated rings. The van der Waals surface area contributed by atoms with Crippen molar-refractivity contribution in [3.63, 3.8) is 0 Å². The molecule has 2 rings (SSSR count). The van der Waals surface area contributed by atoms with Gasteiger partial charge in [0.15, 0.2) is 0 Å². The van der Waals surface area contributed by atoms with Crippen LogP contribution in [0.1, 0.15) is 32.8 Å². The van der Waals surface area contributed by atoms with Gasteiger partial charge in [-0.2, -0.15) is 0 Å². The predicted octanol–water partition coefficient (Wildman–Crippen LogP) is 2.55. The third-order valence-electron chi connectivity index (χ3n) is 4.28. The number of methoxy groups -OCH3 is 1. The predicted molar refractivity (Wildman–Crippen MR) is 98.0 cm³/mol. The minimum atomic E-state index is -0.375. The summed E-state index contributed by atoms with van der Waals surface area (Å²) in [6.45, 7) is 7.09. The molecular weight excluding hydrogens is 328 g/mol. The second kappa shape index (κ2) is 8.58. The second-order valence-corrected chi connectivity index (χ2v) is 7.04. The summed E-state index contributed by atoms with van der Waals surface area (Å²) in [5.41, 5.74) is 6.52. The maximum absolute atomic E-state index is 12.6. The molecule has 1 aromatic carbocycles. The Hall–Kier alpha value is -1.46. The van der Waals surface area contributed by atoms with Gasteiger partial charge in [0.2, 0.25) is 5.91 Å². The minimum Gasteiger partial charge on any atom is -0.497 e. The van der Waals surface area contributed by atoms with Crippen molar-refractivity contribution in [2.24, 2.45) is 17.6 Å². The molecule has 0 radical (unpaired) electrons. The fourth-order valence-corrected chi connectivity index (χ4v) is 3.15. The van der Waals surface area contributed by atoms with Crippen molar-refractivity contribution in [1.29, 1.82) is 0 Å². The van der Waals surface area contributed by atoms with Gasteiger partial charge in [-0.1, -0.05) is 13.8 Å². The highest BCUT2D eigenvalue weighted by Gasteiger charge is 2.32. The van der Waals surface area contributed by atoms with Crippen molar-refractivity contribution in [3.8, 4) is 11.5 Å². The number of hydrogen-bond donors (Lipinski definition) is 2. The largest absolute Gasteiger partial charge is 0.497 e. The smallest absolute Gasteiger partial charge is 0.227 e. The molecule has 1 aromatic rings. The van der Waals surface area contributed by atoms with Gasteiger partial charge in [0.25, 0.3) is 0 Å². The van der Waals surface area contributed by atoms with Crippen molar-refractivity contribution in [2.45, 2.75) is 39.2 Å². The van der Waals surface area contributed by atoms with Gasteiger partial charge in [-0.25, -0.2) is 0 Å². The lowest BCUT2D eigenvalue weighted by atomic mass is 9.89. The van der Waals surface area contributed by atoms with E-state index in [-0.39, 0.29) is 29.8 Å². The number of nitrogens with one attached hydrogen (secondary N) is 1. The first kappa shape index (κ1) is 20.6. The van der Waals surface area contributed by atoms with Crippen LogP contribution in [0.3, 0.4) is 0 Å². The number of carbonyl (C=O) groups is 1. The molecule has 0 spiro atoms. The van der Waals surface area contributed by atoms with Gasteiger partial charge in [0.1, 0.15) is 18.1 Å². The summed E-state index contributed by atoms with van der Waals surface area (Å²) in [7, 11) is 1.63. The fourth-order valence-electron chi connectivity index (χ4n) is 3.15. The Balaban J connectivity index is 0.00000288. The van der Waals surface area contributed by atoms with Gasteiger partial charge >= 0.3 is 0 Å². The minimum absolute atomic E-state index is 0. The highest BCUT2D eigenvalue weighted by Crippen LogP contribution is 2.31. The zero-order valence-electron chi connectivity index (χ0n) is 14.9. The van der Waals surface area contributed by atoms with Gasteiger partial charge in [-0.3, -0.25) is 4.79 Å². The monoisotopic (exact) mass is 356 g/mol. The van der Waals surface area contributed by atoms with Gasteiger partial charge in [-0.15, -0.1) is 12.4 Å². The zero-order chi connectivity index (χ0) is 17.0. The van der Waals surface area contributed by atoms with Crippen LogP contribution in [-0.2, 0) is 11.2 Å². The Morgan fingerprint density at radius 2 is 2.21 bits per heavy atom. The van der Waals surface area contributed by atoms with Crippen LogP contribution in [0.25, 0.3) is 0 Å². The second-order valence-electron chi connectivity index (χ2n) is 7.04. The molecule has 0 aromatic heterocycles. The number of amides is 1. The average Bonchev–Trinajstić information content (AvgIpc) is 2.52. The molecule has 24 heavy (non-hydrogen) atoms. The van der Waals surface area contributed by atoms with Gasteiger partial charge in [-0.05, 0) is 49.4 Å². The van der Waals surface area contributed by atoms with E-state index in [0.717, 1.165) is 23.5 Å². The fraction of sp³-hybridized carbons (Fsp3) is 0.611. The van der Waals surface area contributed by atoms with Crippen molar-refractivity contribution in [2.75, 3.05) is 20.3 Å². The van der Waals surface area contributed by atoms with Crippen LogP contribution in [0.15, 0.2) is 18.2 Å². The Morgan fingerprint density at radius 1 is 1.50 bits per heavy atom. The van der Waals surface area contributed by atoms with E-state index in [2.05, 4.69) is 19.2 Å². The standard InChI is InChI=1S/C18H28N2O3.ClH/c1-12(2)9-18(3,11-19)20-17(21)14-7-13-8-15(22-4)5-6-16(13)23-10-14;/h5-6,8,12,14H,7,9-11,19H2,1-4H3,(H,20,21);1H. The number of fused-ring (bicyclic) bond motifs is 1. The van der Waals surface area contributed by atoms with Crippen LogP contribution in [-0.4, -0.2) is 31.7 Å². The third-order valence-corrected chi connectivity index (χ3v) is 4.28. The number of benzene rings is 1. The Kier molecular flexibility index (Phi) is 7.36. The maximum Gasteiger partial charge on any atom is 0.227 e. The lowest BCUT2D eigenvalue weighted by molar-refractivity contribution is -0.128. The molecule has 3 N–H and O–H groups in total. The third kappa shape index (κ3) is 5.02. The number of rotatable bonds is 6. The van der Waals surface area contributed by atoms with E-state index < -0.39 is 0 Å². The normalized spacial score (nSPS) is 18.7. The first-order valence-corrected chi connectivity index (χ1v) is 8.18. The van der Waals surface area contributed by atoms with E-state index in [1.165, 1.54) is 0 Å². The average molecular weight is 357 g/mol. The topological polar surface area (TPSA) is 73.6 Å². The van der Waals surface area contributed by atoms with Gasteiger partial charge in [0, 0.05) is 12.1 Å². The maximum atomic E-state index is 12.6. The van der Waals surface area contributed by atoms with E-state index in [4.69, 9.17) is 15.2 Å². The Bertz CT molecular complexity index is 565. The Labute approximate surface area is 150 Å². The summed E-state index contributed by atoms with van der Waals surface area (Å²) < 4.78 is 11.0. The highest BCUT2D eigenvalue weighted by atomic mass is 35.5. The van der Waals surface area contributed by atoms with Gasteiger partial charge in [0.05, 0.1) is 13.0 Å². The molecule has 0 saturated heterocycles. The van der Waals surface area contributed by atoms with Crippen molar-refractivity contribution in [1.82, 2.24) is 5.32 Å². The molecule has 5 nitrogen and oxygen atoms in total. The molecule has 2 atom stereocenters. The molecule has 1 aliphatic heterocycles. The quantitative estimate of drug-likeness (QED) is 0.821. The van der Waals surface area contributed by atoms with Crippen LogP contribution in [0.5, 0.6) is 11.5 Å². The highest BCUT2D eigenvalue weighted by molar-refractivity contribution is 5.85. The van der Waals surface area contributed by atoms with E-state index in [1.54, 1.807) is 7.11 Å². The van der Waals surface area contributed by atoms with Crippen LogP contribution in [0.4, 0.5) is 0 Å². The SMILES string of the molecule is COc1ccc2c(c1)CC(C(=O)NC(C)(CN)CC(C)C)CO2.Cl. The summed E-state index contributed by atoms with van der Waals surface area (Å²) in [4.78, 5) is 12.6. The van der Waals surface area contributed by atoms with E-state index in [1.807, 2.05) is 25.1 Å². The molecule has 1 aliphatic rings. The van der Waals surface area contributed by atoms with Crippen molar-refractivity contribution in [3.05, 3.63) is 23.8 Å². The lowest BCUT2D eigenvalue weighted by Crippen LogP contribution is -2.54. The van der Waals surface area contributed by atoms with Crippen molar-refractivity contribution < 1.29 is 14.3 Å². The van der Waals surface area contributed by atoms with Crippen LogP contribution < -0.4 is 20.5 Å². The summed E-state index contributed by atoms with van der Waals surface area (Å²) in [5, 5.41) is 3.13. The van der Waals surface area contributed by atoms with Gasteiger partial charge < -0.3 is 20.5 Å². The van der Waals surface area contributed by atoms with Crippen LogP contribution in [0.2, 0.25) is 0 Å². The summed E-state index contributed by atoms with van der Waals surface area (Å²) in [5.74, 6) is 1.88. The lowest BCUT2D eigenvalue weighted by Gasteiger charge is -2.34. The number of halogens is 1. The summed E-state index contributed by atoms with van der Waals surface area (Å²) >= 11 is 0. The molecule has 1 amide bonds. The molecule has 0 aliphatic carbocycles. The van der Waals surface area contributed by atoms with Crippen LogP contribution in [0, 0.1) is 11.8 Å². The first-order valence-electron chi connectivity index (χ1n) is 8.18. The number of ether oxygens (including phenoxy) is 2. The number of nitrogens with two attached hydrogens (primary N) is 1. The molecule has 2 unspecified atom stereocenters. The first-order chi connectivity index (χ1) is 10.9. The van der Waals surface area contributed by atoms with E-state index >= 15 is 0 Å². The molecule has 6 heteroatoms. The Morgan fingerprint density at radius 3 is 2.79 bits per heavy atom. The van der Waals surface area contributed by atoms with E-state index in [9.17, 15) is 4.79 Å². The molecule has 0 bridgehead atoms.